The number of hydrogen-bond donors (Lipinski definition) is 2. The van der Waals surface area contributed by atoms with E-state index in [0.717, 1.165) is 12.8 Å². The summed E-state index contributed by atoms with van der Waals surface area (Å²) in [7, 11) is 0. The lowest BCUT2D eigenvalue weighted by molar-refractivity contribution is 0.0152. The van der Waals surface area contributed by atoms with Crippen LogP contribution in [0.2, 0.25) is 0 Å². The Morgan fingerprint density at radius 2 is 2.33 bits per heavy atom. The van der Waals surface area contributed by atoms with Crippen molar-refractivity contribution in [1.29, 1.82) is 0 Å². The molecular weight excluding hydrogens is 254 g/mol. The van der Waals surface area contributed by atoms with Crippen LogP contribution in [-0.4, -0.2) is 44.4 Å². The summed E-state index contributed by atoms with van der Waals surface area (Å²) in [4.78, 5) is 11.5. The van der Waals surface area contributed by atoms with Gasteiger partial charge in [0, 0.05) is 11.8 Å². The molecule has 1 aliphatic carbocycles. The predicted molar refractivity (Wildman–Crippen MR) is 68.9 cm³/mol. The SMILES string of the molecule is CC(C)OCC(O)CSc1n[nH]c(=O)n1C1CC1. The van der Waals surface area contributed by atoms with Gasteiger partial charge in [0.25, 0.3) is 0 Å². The first-order chi connectivity index (χ1) is 8.58. The average molecular weight is 273 g/mol. The van der Waals surface area contributed by atoms with Crippen molar-refractivity contribution < 1.29 is 9.84 Å². The van der Waals surface area contributed by atoms with Gasteiger partial charge in [-0.2, -0.15) is 0 Å². The molecule has 0 saturated heterocycles. The number of aromatic nitrogens is 3. The molecule has 0 aliphatic heterocycles. The average Bonchev–Trinajstić information content (AvgIpc) is 3.08. The molecular formula is C11H19N3O3S. The second-order valence-corrected chi connectivity index (χ2v) is 5.75. The minimum absolute atomic E-state index is 0.111. The first-order valence-electron chi connectivity index (χ1n) is 6.17. The zero-order chi connectivity index (χ0) is 13.1. The number of aliphatic hydroxyl groups is 1. The van der Waals surface area contributed by atoms with Gasteiger partial charge in [0.15, 0.2) is 5.16 Å². The van der Waals surface area contributed by atoms with Crippen LogP contribution < -0.4 is 5.69 Å². The summed E-state index contributed by atoms with van der Waals surface area (Å²) >= 11 is 1.39. The van der Waals surface area contributed by atoms with Crippen LogP contribution in [0.5, 0.6) is 0 Å². The monoisotopic (exact) mass is 273 g/mol. The molecule has 1 saturated carbocycles. The zero-order valence-electron chi connectivity index (χ0n) is 10.6. The Morgan fingerprint density at radius 3 is 2.94 bits per heavy atom. The normalized spacial score (nSPS) is 17.3. The van der Waals surface area contributed by atoms with Crippen LogP contribution in [0.15, 0.2) is 9.95 Å². The van der Waals surface area contributed by atoms with E-state index in [1.54, 1.807) is 4.57 Å². The summed E-state index contributed by atoms with van der Waals surface area (Å²) in [5.74, 6) is 0.476. The Hall–Kier alpha value is -0.790. The molecule has 18 heavy (non-hydrogen) atoms. The van der Waals surface area contributed by atoms with Gasteiger partial charge in [-0.05, 0) is 26.7 Å². The van der Waals surface area contributed by atoms with E-state index in [9.17, 15) is 9.90 Å². The van der Waals surface area contributed by atoms with Crippen molar-refractivity contribution in [1.82, 2.24) is 14.8 Å². The van der Waals surface area contributed by atoms with Gasteiger partial charge in [0.05, 0.1) is 18.8 Å². The molecule has 0 bridgehead atoms. The van der Waals surface area contributed by atoms with Crippen molar-refractivity contribution in [2.45, 2.75) is 50.1 Å². The highest BCUT2D eigenvalue weighted by molar-refractivity contribution is 7.99. The number of nitrogens with zero attached hydrogens (tertiary/aromatic N) is 2. The van der Waals surface area contributed by atoms with Crippen molar-refractivity contribution in [3.8, 4) is 0 Å². The van der Waals surface area contributed by atoms with Crippen LogP contribution >= 0.6 is 11.8 Å². The highest BCUT2D eigenvalue weighted by Crippen LogP contribution is 2.36. The van der Waals surface area contributed by atoms with Gasteiger partial charge in [-0.15, -0.1) is 5.10 Å². The minimum atomic E-state index is -0.545. The molecule has 0 aromatic carbocycles. The number of thioether (sulfide) groups is 1. The number of ether oxygens (including phenoxy) is 1. The number of aliphatic hydroxyl groups excluding tert-OH is 1. The van der Waals surface area contributed by atoms with E-state index < -0.39 is 6.10 Å². The molecule has 2 rings (SSSR count). The van der Waals surface area contributed by atoms with Crippen LogP contribution in [0.1, 0.15) is 32.7 Å². The molecule has 1 aromatic heterocycles. The summed E-state index contributed by atoms with van der Waals surface area (Å²) < 4.78 is 7.01. The van der Waals surface area contributed by atoms with Gasteiger partial charge in [-0.3, -0.25) is 4.57 Å². The number of H-pyrrole nitrogens is 1. The minimum Gasteiger partial charge on any atom is -0.390 e. The quantitative estimate of drug-likeness (QED) is 0.718. The van der Waals surface area contributed by atoms with Crippen molar-refractivity contribution in [2.75, 3.05) is 12.4 Å². The predicted octanol–water partition coefficient (Wildman–Crippen LogP) is 0.784. The van der Waals surface area contributed by atoms with Crippen molar-refractivity contribution in [3.63, 3.8) is 0 Å². The summed E-state index contributed by atoms with van der Waals surface area (Å²) in [6.07, 6.45) is 1.63. The molecule has 0 amide bonds. The molecule has 1 aromatic rings. The van der Waals surface area contributed by atoms with Crippen LogP contribution in [-0.2, 0) is 4.74 Å². The Kier molecular flexibility index (Phi) is 4.47. The molecule has 1 aliphatic rings. The van der Waals surface area contributed by atoms with Gasteiger partial charge >= 0.3 is 5.69 Å². The van der Waals surface area contributed by atoms with Crippen molar-refractivity contribution in [3.05, 3.63) is 10.5 Å². The summed E-state index contributed by atoms with van der Waals surface area (Å²) in [6.45, 7) is 4.17. The molecule has 0 spiro atoms. The fourth-order valence-corrected chi connectivity index (χ4v) is 2.49. The topological polar surface area (TPSA) is 80.1 Å². The maximum Gasteiger partial charge on any atom is 0.344 e. The number of hydrogen-bond acceptors (Lipinski definition) is 5. The van der Waals surface area contributed by atoms with Crippen molar-refractivity contribution in [2.24, 2.45) is 0 Å². The highest BCUT2D eigenvalue weighted by Gasteiger charge is 2.28. The second kappa shape index (κ2) is 5.90. The lowest BCUT2D eigenvalue weighted by atomic mass is 10.4. The van der Waals surface area contributed by atoms with E-state index in [2.05, 4.69) is 10.2 Å². The van der Waals surface area contributed by atoms with Crippen LogP contribution in [0.4, 0.5) is 0 Å². The van der Waals surface area contributed by atoms with E-state index in [1.807, 2.05) is 13.8 Å². The maximum absolute atomic E-state index is 11.5. The Balaban J connectivity index is 1.84. The molecule has 6 nitrogen and oxygen atoms in total. The van der Waals surface area contributed by atoms with Gasteiger partial charge in [0.2, 0.25) is 0 Å². The zero-order valence-corrected chi connectivity index (χ0v) is 11.4. The van der Waals surface area contributed by atoms with E-state index in [4.69, 9.17) is 4.74 Å². The number of rotatable bonds is 7. The van der Waals surface area contributed by atoms with E-state index in [0.29, 0.717) is 23.6 Å². The van der Waals surface area contributed by atoms with E-state index in [1.165, 1.54) is 11.8 Å². The molecule has 7 heteroatoms. The number of nitrogens with one attached hydrogen (secondary N) is 1. The third-order valence-corrected chi connectivity index (χ3v) is 3.71. The van der Waals surface area contributed by atoms with Gasteiger partial charge in [0.1, 0.15) is 0 Å². The lowest BCUT2D eigenvalue weighted by Gasteiger charge is -2.12. The smallest absolute Gasteiger partial charge is 0.344 e. The number of aromatic amines is 1. The molecule has 1 unspecified atom stereocenters. The standard InChI is InChI=1S/C11H19N3O3S/c1-7(2)17-5-9(15)6-18-11-13-12-10(16)14(11)8-3-4-8/h7-9,15H,3-6H2,1-2H3,(H,12,16). The highest BCUT2D eigenvalue weighted by atomic mass is 32.2. The Morgan fingerprint density at radius 1 is 1.61 bits per heavy atom. The first-order valence-corrected chi connectivity index (χ1v) is 7.16. The molecule has 0 radical (unpaired) electrons. The summed E-state index contributed by atoms with van der Waals surface area (Å²) in [5, 5.41) is 16.8. The maximum atomic E-state index is 11.5. The Bertz CT molecular complexity index is 439. The fourth-order valence-electron chi connectivity index (χ4n) is 1.57. The van der Waals surface area contributed by atoms with Gasteiger partial charge in [-0.25, -0.2) is 9.89 Å². The molecule has 1 atom stereocenters. The summed E-state index contributed by atoms with van der Waals surface area (Å²) in [6, 6.07) is 0.294. The van der Waals surface area contributed by atoms with Crippen molar-refractivity contribution >= 4 is 11.8 Å². The third-order valence-electron chi connectivity index (χ3n) is 2.61. The summed E-state index contributed by atoms with van der Waals surface area (Å²) in [5.41, 5.74) is -0.159. The molecule has 102 valence electrons. The molecule has 1 fully saturated rings. The fraction of sp³-hybridized carbons (Fsp3) is 0.818. The molecule has 2 N–H and O–H groups in total. The van der Waals surface area contributed by atoms with Gasteiger partial charge < -0.3 is 9.84 Å². The Labute approximate surface area is 110 Å². The lowest BCUT2D eigenvalue weighted by Crippen LogP contribution is -2.21. The van der Waals surface area contributed by atoms with E-state index >= 15 is 0 Å². The van der Waals surface area contributed by atoms with Crippen LogP contribution in [0.3, 0.4) is 0 Å². The van der Waals surface area contributed by atoms with E-state index in [-0.39, 0.29) is 11.8 Å². The molecule has 1 heterocycles. The largest absolute Gasteiger partial charge is 0.390 e. The second-order valence-electron chi connectivity index (χ2n) is 4.76. The van der Waals surface area contributed by atoms with Crippen LogP contribution in [0.25, 0.3) is 0 Å². The van der Waals surface area contributed by atoms with Crippen LogP contribution in [0, 0.1) is 0 Å². The third kappa shape index (κ3) is 3.60. The first kappa shape index (κ1) is 13.6. The van der Waals surface area contributed by atoms with Gasteiger partial charge in [-0.1, -0.05) is 11.8 Å².